The Bertz CT molecular complexity index is 1460. The molecular formula is C32H36BrN5O3. The van der Waals surface area contributed by atoms with Crippen LogP contribution in [0.15, 0.2) is 47.1 Å². The Morgan fingerprint density at radius 1 is 1.02 bits per heavy atom. The molecule has 2 aliphatic heterocycles. The SMILES string of the molecule is O=C1c2ccccc2CN1C[C@@H]1c2c(OCc3cn(CC4CC4)nn3)ccc(Br)c2CCN1C(=O)C1CCCCC1. The van der Waals surface area contributed by atoms with Crippen molar-refractivity contribution in [1.82, 2.24) is 24.8 Å². The topological polar surface area (TPSA) is 80.6 Å². The minimum absolute atomic E-state index is 0.0301. The summed E-state index contributed by atoms with van der Waals surface area (Å²) in [6, 6.07) is 11.6. The van der Waals surface area contributed by atoms with Crippen LogP contribution in [0.1, 0.15) is 83.7 Å². The van der Waals surface area contributed by atoms with Crippen molar-refractivity contribution in [3.63, 3.8) is 0 Å². The summed E-state index contributed by atoms with van der Waals surface area (Å²) < 4.78 is 9.39. The first-order valence-electron chi connectivity index (χ1n) is 15.1. The van der Waals surface area contributed by atoms with Crippen molar-refractivity contribution in [2.24, 2.45) is 11.8 Å². The fourth-order valence-corrected chi connectivity index (χ4v) is 7.37. The quantitative estimate of drug-likeness (QED) is 0.324. The molecule has 1 atom stereocenters. The summed E-state index contributed by atoms with van der Waals surface area (Å²) >= 11 is 3.79. The smallest absolute Gasteiger partial charge is 0.254 e. The maximum Gasteiger partial charge on any atom is 0.254 e. The second-order valence-electron chi connectivity index (χ2n) is 12.1. The van der Waals surface area contributed by atoms with Crippen LogP contribution in [0.4, 0.5) is 0 Å². The normalized spacial score (nSPS) is 20.7. The van der Waals surface area contributed by atoms with Crippen LogP contribution in [0.3, 0.4) is 0 Å². The zero-order valence-corrected chi connectivity index (χ0v) is 24.9. The molecule has 8 nitrogen and oxygen atoms in total. The minimum Gasteiger partial charge on any atom is -0.487 e. The molecule has 0 N–H and O–H groups in total. The van der Waals surface area contributed by atoms with Gasteiger partial charge in [-0.1, -0.05) is 58.6 Å². The molecule has 1 aromatic heterocycles. The molecule has 2 aromatic carbocycles. The monoisotopic (exact) mass is 617 g/mol. The molecule has 7 rings (SSSR count). The van der Waals surface area contributed by atoms with Gasteiger partial charge >= 0.3 is 0 Å². The molecule has 0 spiro atoms. The number of aromatic nitrogens is 3. The van der Waals surface area contributed by atoms with Gasteiger partial charge in [0, 0.05) is 47.7 Å². The van der Waals surface area contributed by atoms with E-state index in [-0.39, 0.29) is 23.8 Å². The first-order valence-corrected chi connectivity index (χ1v) is 15.8. The van der Waals surface area contributed by atoms with Gasteiger partial charge in [-0.2, -0.15) is 0 Å². The average molecular weight is 619 g/mol. The molecule has 0 radical (unpaired) electrons. The van der Waals surface area contributed by atoms with E-state index in [1.165, 1.54) is 19.3 Å². The maximum atomic E-state index is 14.1. The number of amides is 2. The predicted octanol–water partition coefficient (Wildman–Crippen LogP) is 5.69. The van der Waals surface area contributed by atoms with E-state index < -0.39 is 0 Å². The largest absolute Gasteiger partial charge is 0.487 e. The van der Waals surface area contributed by atoms with Gasteiger partial charge in [-0.3, -0.25) is 14.3 Å². The van der Waals surface area contributed by atoms with Crippen LogP contribution in [0.2, 0.25) is 0 Å². The number of hydrogen-bond donors (Lipinski definition) is 0. The first kappa shape index (κ1) is 26.7. The number of hydrogen-bond acceptors (Lipinski definition) is 5. The highest BCUT2D eigenvalue weighted by Crippen LogP contribution is 2.43. The second kappa shape index (κ2) is 11.2. The number of halogens is 1. The van der Waals surface area contributed by atoms with Crippen molar-refractivity contribution < 1.29 is 14.3 Å². The van der Waals surface area contributed by atoms with Gasteiger partial charge in [0.2, 0.25) is 5.91 Å². The summed E-state index contributed by atoms with van der Waals surface area (Å²) in [6.07, 6.45) is 10.5. The van der Waals surface area contributed by atoms with Crippen LogP contribution >= 0.6 is 15.9 Å². The first-order chi connectivity index (χ1) is 20.0. The zero-order chi connectivity index (χ0) is 27.9. The van der Waals surface area contributed by atoms with E-state index in [2.05, 4.69) is 31.1 Å². The molecular weight excluding hydrogens is 582 g/mol. The molecule has 3 aromatic rings. The number of benzene rings is 2. The van der Waals surface area contributed by atoms with Crippen molar-refractivity contribution in [3.05, 3.63) is 75.0 Å². The summed E-state index contributed by atoms with van der Waals surface area (Å²) in [6.45, 7) is 2.84. The predicted molar refractivity (Wildman–Crippen MR) is 157 cm³/mol. The Labute approximate surface area is 249 Å². The van der Waals surface area contributed by atoms with Crippen molar-refractivity contribution in [3.8, 4) is 5.75 Å². The van der Waals surface area contributed by atoms with E-state index in [1.807, 2.05) is 52.2 Å². The molecule has 0 unspecified atom stereocenters. The van der Waals surface area contributed by atoms with Gasteiger partial charge in [-0.25, -0.2) is 0 Å². The van der Waals surface area contributed by atoms with Crippen LogP contribution < -0.4 is 4.74 Å². The van der Waals surface area contributed by atoms with Crippen molar-refractivity contribution >= 4 is 27.7 Å². The van der Waals surface area contributed by atoms with Gasteiger partial charge in [0.1, 0.15) is 18.1 Å². The molecule has 2 saturated carbocycles. The molecule has 214 valence electrons. The molecule has 4 aliphatic rings. The molecule has 0 saturated heterocycles. The van der Waals surface area contributed by atoms with Crippen LogP contribution in [-0.4, -0.2) is 49.7 Å². The lowest BCUT2D eigenvalue weighted by atomic mass is 9.85. The van der Waals surface area contributed by atoms with Gasteiger partial charge in [0.05, 0.1) is 12.2 Å². The lowest BCUT2D eigenvalue weighted by Crippen LogP contribution is -2.48. The number of carbonyl (C=O) groups excluding carboxylic acids is 2. The lowest BCUT2D eigenvalue weighted by molar-refractivity contribution is -0.140. The number of nitrogens with zero attached hydrogens (tertiary/aromatic N) is 5. The summed E-state index contributed by atoms with van der Waals surface area (Å²) in [4.78, 5) is 31.5. The number of ether oxygens (including phenoxy) is 1. The molecule has 2 amide bonds. The van der Waals surface area contributed by atoms with Crippen LogP contribution in [0.25, 0.3) is 0 Å². The third kappa shape index (κ3) is 5.41. The second-order valence-corrected chi connectivity index (χ2v) is 12.9. The zero-order valence-electron chi connectivity index (χ0n) is 23.3. The van der Waals surface area contributed by atoms with E-state index in [9.17, 15) is 9.59 Å². The van der Waals surface area contributed by atoms with Crippen molar-refractivity contribution in [1.29, 1.82) is 0 Å². The lowest BCUT2D eigenvalue weighted by Gasteiger charge is -2.42. The third-order valence-electron chi connectivity index (χ3n) is 9.20. The Balaban J connectivity index is 1.20. The van der Waals surface area contributed by atoms with Gasteiger partial charge in [0.15, 0.2) is 0 Å². The van der Waals surface area contributed by atoms with Gasteiger partial charge in [-0.05, 0) is 67.3 Å². The molecule has 3 heterocycles. The fraction of sp³-hybridized carbons (Fsp3) is 0.500. The van der Waals surface area contributed by atoms with Gasteiger partial charge in [0.25, 0.3) is 5.91 Å². The average Bonchev–Trinajstić information content (AvgIpc) is 3.61. The van der Waals surface area contributed by atoms with Gasteiger partial charge in [-0.15, -0.1) is 5.10 Å². The number of rotatable bonds is 8. The highest BCUT2D eigenvalue weighted by molar-refractivity contribution is 9.10. The van der Waals surface area contributed by atoms with Crippen LogP contribution in [-0.2, 0) is 30.9 Å². The van der Waals surface area contributed by atoms with Crippen molar-refractivity contribution in [2.45, 2.75) is 77.1 Å². The molecule has 0 bridgehead atoms. The standard InChI is InChI=1S/C32H36BrN5O3/c33-27-12-13-29(41-20-24-18-37(35-34-24)16-21-10-11-21)30-26(27)14-15-38(31(39)22-6-2-1-3-7-22)28(30)19-36-17-23-8-4-5-9-25(23)32(36)40/h4-5,8-9,12-13,18,21-22,28H,1-3,6-7,10-11,14-17,19-20H2/t28-/m1/s1. The Hall–Kier alpha value is -3.20. The van der Waals surface area contributed by atoms with E-state index >= 15 is 0 Å². The molecule has 41 heavy (non-hydrogen) atoms. The van der Waals surface area contributed by atoms with Crippen molar-refractivity contribution in [2.75, 3.05) is 13.1 Å². The maximum absolute atomic E-state index is 14.1. The fourth-order valence-electron chi connectivity index (χ4n) is 6.82. The third-order valence-corrected chi connectivity index (χ3v) is 9.95. The summed E-state index contributed by atoms with van der Waals surface area (Å²) in [5.74, 6) is 1.77. The van der Waals surface area contributed by atoms with Crippen LogP contribution in [0, 0.1) is 11.8 Å². The summed E-state index contributed by atoms with van der Waals surface area (Å²) in [7, 11) is 0. The van der Waals surface area contributed by atoms with E-state index in [0.29, 0.717) is 26.2 Å². The Kier molecular flexibility index (Phi) is 7.31. The Morgan fingerprint density at radius 3 is 2.66 bits per heavy atom. The summed E-state index contributed by atoms with van der Waals surface area (Å²) in [5.41, 5.74) is 4.74. The highest BCUT2D eigenvalue weighted by atomic mass is 79.9. The minimum atomic E-state index is -0.288. The Morgan fingerprint density at radius 2 is 1.85 bits per heavy atom. The highest BCUT2D eigenvalue weighted by Gasteiger charge is 2.40. The van der Waals surface area contributed by atoms with Crippen LogP contribution in [0.5, 0.6) is 5.75 Å². The van der Waals surface area contributed by atoms with E-state index in [4.69, 9.17) is 4.74 Å². The summed E-state index contributed by atoms with van der Waals surface area (Å²) in [5, 5.41) is 8.63. The number of fused-ring (bicyclic) bond motifs is 2. The van der Waals surface area contributed by atoms with E-state index in [0.717, 1.165) is 82.7 Å². The molecule has 2 aliphatic carbocycles. The number of carbonyl (C=O) groups is 2. The van der Waals surface area contributed by atoms with Gasteiger partial charge < -0.3 is 14.5 Å². The molecule has 9 heteroatoms. The molecule has 2 fully saturated rings. The van der Waals surface area contributed by atoms with E-state index in [1.54, 1.807) is 0 Å².